The zero-order valence-electron chi connectivity index (χ0n) is 12.7. The van der Waals surface area contributed by atoms with Crippen molar-refractivity contribution in [3.8, 4) is 11.5 Å². The van der Waals surface area contributed by atoms with Crippen molar-refractivity contribution >= 4 is 11.6 Å². The standard InChI is InChI=1S/C17H20ClNO2/c1-10-5-7-13(17(21-4)11(10)2)16(19)14-9-12(18)6-8-15(14)20-3/h5-9,16H,19H2,1-4H3. The van der Waals surface area contributed by atoms with Crippen LogP contribution in [0, 0.1) is 13.8 Å². The normalized spacial score (nSPS) is 12.1. The Kier molecular flexibility index (Phi) is 4.76. The maximum atomic E-state index is 6.44. The van der Waals surface area contributed by atoms with Gasteiger partial charge >= 0.3 is 0 Å². The van der Waals surface area contributed by atoms with Crippen LogP contribution in [-0.2, 0) is 0 Å². The molecule has 0 aliphatic heterocycles. The van der Waals surface area contributed by atoms with Crippen molar-refractivity contribution in [1.29, 1.82) is 0 Å². The molecule has 0 radical (unpaired) electrons. The third-order valence-corrected chi connectivity index (χ3v) is 4.01. The first-order chi connectivity index (χ1) is 9.99. The minimum atomic E-state index is -0.368. The van der Waals surface area contributed by atoms with Crippen LogP contribution in [0.3, 0.4) is 0 Å². The van der Waals surface area contributed by atoms with Gasteiger partial charge in [-0.3, -0.25) is 0 Å². The Morgan fingerprint density at radius 1 is 1.00 bits per heavy atom. The number of nitrogens with two attached hydrogens (primary N) is 1. The lowest BCUT2D eigenvalue weighted by molar-refractivity contribution is 0.398. The summed E-state index contributed by atoms with van der Waals surface area (Å²) in [7, 11) is 3.28. The monoisotopic (exact) mass is 305 g/mol. The van der Waals surface area contributed by atoms with Crippen LogP contribution in [0.2, 0.25) is 5.02 Å². The Bertz CT molecular complexity index is 655. The van der Waals surface area contributed by atoms with Gasteiger partial charge in [0.15, 0.2) is 0 Å². The predicted molar refractivity (Wildman–Crippen MR) is 86.5 cm³/mol. The van der Waals surface area contributed by atoms with Crippen LogP contribution < -0.4 is 15.2 Å². The molecule has 2 aromatic carbocycles. The zero-order valence-corrected chi connectivity index (χ0v) is 13.5. The number of ether oxygens (including phenoxy) is 2. The van der Waals surface area contributed by atoms with Crippen LogP contribution in [0.15, 0.2) is 30.3 Å². The molecule has 0 saturated heterocycles. The molecule has 0 spiro atoms. The SMILES string of the molecule is COc1ccc(Cl)cc1C(N)c1ccc(C)c(C)c1OC. The van der Waals surface area contributed by atoms with E-state index in [9.17, 15) is 0 Å². The second-order valence-corrected chi connectivity index (χ2v) is 5.43. The molecule has 1 atom stereocenters. The fourth-order valence-electron chi connectivity index (χ4n) is 2.44. The highest BCUT2D eigenvalue weighted by atomic mass is 35.5. The number of benzene rings is 2. The van der Waals surface area contributed by atoms with E-state index in [1.807, 2.05) is 38.1 Å². The number of hydrogen-bond donors (Lipinski definition) is 1. The molecule has 0 saturated carbocycles. The zero-order chi connectivity index (χ0) is 15.6. The van der Waals surface area contributed by atoms with Crippen LogP contribution in [0.4, 0.5) is 0 Å². The molecule has 2 N–H and O–H groups in total. The molecule has 112 valence electrons. The fourth-order valence-corrected chi connectivity index (χ4v) is 2.62. The van der Waals surface area contributed by atoms with Gasteiger partial charge in [0.05, 0.1) is 20.3 Å². The van der Waals surface area contributed by atoms with E-state index in [2.05, 4.69) is 0 Å². The van der Waals surface area contributed by atoms with Crippen molar-refractivity contribution in [2.45, 2.75) is 19.9 Å². The molecule has 0 heterocycles. The minimum absolute atomic E-state index is 0.368. The molecule has 2 aromatic rings. The second kappa shape index (κ2) is 6.37. The number of methoxy groups -OCH3 is 2. The van der Waals surface area contributed by atoms with Crippen molar-refractivity contribution in [2.24, 2.45) is 5.73 Å². The molecule has 0 aromatic heterocycles. The number of hydrogen-bond acceptors (Lipinski definition) is 3. The van der Waals surface area contributed by atoms with Gasteiger partial charge in [0, 0.05) is 16.1 Å². The maximum Gasteiger partial charge on any atom is 0.127 e. The van der Waals surface area contributed by atoms with Gasteiger partial charge in [-0.2, -0.15) is 0 Å². The van der Waals surface area contributed by atoms with Gasteiger partial charge in [-0.1, -0.05) is 23.7 Å². The van der Waals surface area contributed by atoms with Gasteiger partial charge in [0.2, 0.25) is 0 Å². The van der Waals surface area contributed by atoms with Crippen LogP contribution >= 0.6 is 11.6 Å². The highest BCUT2D eigenvalue weighted by molar-refractivity contribution is 6.30. The van der Waals surface area contributed by atoms with Crippen molar-refractivity contribution in [2.75, 3.05) is 14.2 Å². The highest BCUT2D eigenvalue weighted by Gasteiger charge is 2.20. The van der Waals surface area contributed by atoms with Crippen LogP contribution in [0.5, 0.6) is 11.5 Å². The fraction of sp³-hybridized carbons (Fsp3) is 0.294. The summed E-state index contributed by atoms with van der Waals surface area (Å²) in [5.41, 5.74) is 10.5. The van der Waals surface area contributed by atoms with E-state index in [1.54, 1.807) is 20.3 Å². The van der Waals surface area contributed by atoms with E-state index < -0.39 is 0 Å². The third kappa shape index (κ3) is 2.99. The molecule has 0 aliphatic rings. The van der Waals surface area contributed by atoms with Gasteiger partial charge in [-0.05, 0) is 43.2 Å². The van der Waals surface area contributed by atoms with Gasteiger partial charge in [0.1, 0.15) is 11.5 Å². The van der Waals surface area contributed by atoms with E-state index in [4.69, 9.17) is 26.8 Å². The van der Waals surface area contributed by atoms with Crippen molar-refractivity contribution in [3.05, 3.63) is 57.6 Å². The smallest absolute Gasteiger partial charge is 0.127 e. The Morgan fingerprint density at radius 2 is 1.71 bits per heavy atom. The van der Waals surface area contributed by atoms with E-state index >= 15 is 0 Å². The summed E-state index contributed by atoms with van der Waals surface area (Å²) in [5.74, 6) is 1.52. The average molecular weight is 306 g/mol. The summed E-state index contributed by atoms with van der Waals surface area (Å²) in [5, 5.41) is 0.629. The predicted octanol–water partition coefficient (Wildman–Crippen LogP) is 4.02. The highest BCUT2D eigenvalue weighted by Crippen LogP contribution is 2.37. The second-order valence-electron chi connectivity index (χ2n) is 4.99. The van der Waals surface area contributed by atoms with E-state index in [0.29, 0.717) is 10.8 Å². The number of aryl methyl sites for hydroxylation is 1. The molecule has 0 bridgehead atoms. The summed E-state index contributed by atoms with van der Waals surface area (Å²) in [6, 6.07) is 9.11. The molecular formula is C17H20ClNO2. The average Bonchev–Trinajstić information content (AvgIpc) is 2.49. The minimum Gasteiger partial charge on any atom is -0.496 e. The molecule has 0 aliphatic carbocycles. The van der Waals surface area contributed by atoms with E-state index in [-0.39, 0.29) is 6.04 Å². The molecular weight excluding hydrogens is 286 g/mol. The Hall–Kier alpha value is -1.71. The van der Waals surface area contributed by atoms with Crippen LogP contribution in [0.25, 0.3) is 0 Å². The van der Waals surface area contributed by atoms with Gasteiger partial charge in [-0.15, -0.1) is 0 Å². The number of halogens is 1. The first-order valence-corrected chi connectivity index (χ1v) is 7.10. The van der Waals surface area contributed by atoms with Gasteiger partial charge in [-0.25, -0.2) is 0 Å². The quantitative estimate of drug-likeness (QED) is 0.928. The number of rotatable bonds is 4. The van der Waals surface area contributed by atoms with Crippen molar-refractivity contribution in [3.63, 3.8) is 0 Å². The molecule has 21 heavy (non-hydrogen) atoms. The summed E-state index contributed by atoms with van der Waals surface area (Å²) in [4.78, 5) is 0. The summed E-state index contributed by atoms with van der Waals surface area (Å²) < 4.78 is 10.9. The van der Waals surface area contributed by atoms with Gasteiger partial charge in [0.25, 0.3) is 0 Å². The first kappa shape index (κ1) is 15.7. The largest absolute Gasteiger partial charge is 0.496 e. The summed E-state index contributed by atoms with van der Waals surface area (Å²) >= 11 is 6.09. The molecule has 2 rings (SSSR count). The Morgan fingerprint density at radius 3 is 2.33 bits per heavy atom. The van der Waals surface area contributed by atoms with Crippen LogP contribution in [-0.4, -0.2) is 14.2 Å². The molecule has 3 nitrogen and oxygen atoms in total. The Balaban J connectivity index is 2.57. The lowest BCUT2D eigenvalue weighted by Gasteiger charge is -2.21. The lowest BCUT2D eigenvalue weighted by Crippen LogP contribution is -2.15. The van der Waals surface area contributed by atoms with E-state index in [0.717, 1.165) is 22.4 Å². The van der Waals surface area contributed by atoms with E-state index in [1.165, 1.54) is 5.56 Å². The lowest BCUT2D eigenvalue weighted by atomic mass is 9.94. The van der Waals surface area contributed by atoms with Crippen molar-refractivity contribution in [1.82, 2.24) is 0 Å². The van der Waals surface area contributed by atoms with Crippen LogP contribution in [0.1, 0.15) is 28.3 Å². The van der Waals surface area contributed by atoms with Gasteiger partial charge < -0.3 is 15.2 Å². The molecule has 0 fully saturated rings. The summed E-state index contributed by atoms with van der Waals surface area (Å²) in [6.07, 6.45) is 0. The Labute approximate surface area is 130 Å². The topological polar surface area (TPSA) is 44.5 Å². The molecule has 4 heteroatoms. The summed E-state index contributed by atoms with van der Waals surface area (Å²) in [6.45, 7) is 4.08. The maximum absolute atomic E-state index is 6.44. The molecule has 1 unspecified atom stereocenters. The molecule has 0 amide bonds. The first-order valence-electron chi connectivity index (χ1n) is 6.72. The van der Waals surface area contributed by atoms with Crippen molar-refractivity contribution < 1.29 is 9.47 Å². The third-order valence-electron chi connectivity index (χ3n) is 3.77.